The predicted octanol–water partition coefficient (Wildman–Crippen LogP) is 2.00. The molecule has 0 heterocycles. The molecule has 0 aliphatic heterocycles. The Morgan fingerprint density at radius 3 is 2.94 bits per heavy atom. The molecule has 0 amide bonds. The first-order chi connectivity index (χ1) is 7.58. The molecule has 82 valence electrons. The molecule has 0 radical (unpaired) electrons. The van der Waals surface area contributed by atoms with Crippen LogP contribution in [-0.4, -0.2) is 17.5 Å². The van der Waals surface area contributed by atoms with Crippen LogP contribution in [0.3, 0.4) is 0 Å². The number of hydrogen-bond donors (Lipinski definition) is 0. The summed E-state index contributed by atoms with van der Waals surface area (Å²) in [5, 5.41) is 4.09. The molecule has 0 fully saturated rings. The third-order valence-corrected chi connectivity index (χ3v) is 2.45. The van der Waals surface area contributed by atoms with E-state index in [1.807, 2.05) is 0 Å². The van der Waals surface area contributed by atoms with Crippen LogP contribution in [0.25, 0.3) is 0 Å². The fraction of sp³-hybridized carbons (Fsp3) is 0.182. The highest BCUT2D eigenvalue weighted by Crippen LogP contribution is 2.23. The second kappa shape index (κ2) is 4.06. The number of Topliss-reactive ketones (excluding diaryl/α,β-unsaturated/α-hetero) is 1. The van der Waals surface area contributed by atoms with Gasteiger partial charge in [-0.1, -0.05) is 16.8 Å². The summed E-state index contributed by atoms with van der Waals surface area (Å²) in [4.78, 5) is 26.8. The van der Waals surface area contributed by atoms with Gasteiger partial charge in [-0.15, -0.1) is 0 Å². The fourth-order valence-corrected chi connectivity index (χ4v) is 1.73. The Morgan fingerprint density at radius 2 is 2.25 bits per heavy atom. The van der Waals surface area contributed by atoms with Gasteiger partial charge in [0.15, 0.2) is 0 Å². The first-order valence-electron chi connectivity index (χ1n) is 4.65. The second-order valence-corrected chi connectivity index (χ2v) is 3.86. The molecule has 0 aromatic heterocycles. The quantitative estimate of drug-likeness (QED) is 0.555. The van der Waals surface area contributed by atoms with Gasteiger partial charge in [0, 0.05) is 23.9 Å². The van der Waals surface area contributed by atoms with Crippen LogP contribution < -0.4 is 0 Å². The smallest absolute Gasteiger partial charge is 0.318 e. The van der Waals surface area contributed by atoms with Crippen LogP contribution in [-0.2, 0) is 16.1 Å². The van der Waals surface area contributed by atoms with E-state index in [1.165, 1.54) is 6.92 Å². The van der Waals surface area contributed by atoms with Crippen LogP contribution in [0.15, 0.2) is 23.4 Å². The fourth-order valence-electron chi connectivity index (χ4n) is 1.54. The normalized spacial score (nSPS) is 16.4. The van der Waals surface area contributed by atoms with Crippen LogP contribution in [0.1, 0.15) is 22.8 Å². The van der Waals surface area contributed by atoms with Crippen molar-refractivity contribution in [1.29, 1.82) is 0 Å². The van der Waals surface area contributed by atoms with E-state index in [1.54, 1.807) is 18.2 Å². The average Bonchev–Trinajstić information content (AvgIpc) is 2.52. The standard InChI is InChI=1S/C11H8ClNO3/c1-6(14)16-13-10-5-7-4-8(12)2-3-9(7)11(10)15/h2-4H,5H2,1H3/b13-10-. The highest BCUT2D eigenvalue weighted by atomic mass is 35.5. The van der Waals surface area contributed by atoms with Gasteiger partial charge in [0.2, 0.25) is 5.78 Å². The van der Waals surface area contributed by atoms with Gasteiger partial charge in [-0.3, -0.25) is 4.79 Å². The number of nitrogens with zero attached hydrogens (tertiary/aromatic N) is 1. The Balaban J connectivity index is 2.30. The lowest BCUT2D eigenvalue weighted by Gasteiger charge is -1.94. The second-order valence-electron chi connectivity index (χ2n) is 3.43. The van der Waals surface area contributed by atoms with E-state index < -0.39 is 5.97 Å². The van der Waals surface area contributed by atoms with Crippen molar-refractivity contribution in [2.75, 3.05) is 0 Å². The Bertz CT molecular complexity index is 508. The SMILES string of the molecule is CC(=O)O/N=C1/Cc2cc(Cl)ccc2C1=O. The number of benzene rings is 1. The molecule has 1 aliphatic rings. The maximum absolute atomic E-state index is 11.8. The number of carbonyl (C=O) groups excluding carboxylic acids is 2. The molecule has 1 aliphatic carbocycles. The van der Waals surface area contributed by atoms with E-state index in [-0.39, 0.29) is 11.5 Å². The highest BCUT2D eigenvalue weighted by Gasteiger charge is 2.27. The maximum Gasteiger partial charge on any atom is 0.331 e. The minimum atomic E-state index is -0.547. The molecule has 0 bridgehead atoms. The van der Waals surface area contributed by atoms with Crippen LogP contribution in [0, 0.1) is 0 Å². The molecule has 5 heteroatoms. The minimum absolute atomic E-state index is 0.215. The molecule has 0 unspecified atom stereocenters. The Labute approximate surface area is 96.8 Å². The maximum atomic E-state index is 11.8. The van der Waals surface area contributed by atoms with E-state index >= 15 is 0 Å². The third-order valence-electron chi connectivity index (χ3n) is 2.22. The molecule has 0 N–H and O–H groups in total. The van der Waals surface area contributed by atoms with Gasteiger partial charge < -0.3 is 4.84 Å². The zero-order valence-corrected chi connectivity index (χ0v) is 9.25. The van der Waals surface area contributed by atoms with Crippen molar-refractivity contribution < 1.29 is 14.4 Å². The summed E-state index contributed by atoms with van der Waals surface area (Å²) in [5.74, 6) is -0.762. The Hall–Kier alpha value is -1.68. The lowest BCUT2D eigenvalue weighted by Crippen LogP contribution is -2.09. The van der Waals surface area contributed by atoms with Crippen LogP contribution in [0.5, 0.6) is 0 Å². The minimum Gasteiger partial charge on any atom is -0.318 e. The van der Waals surface area contributed by atoms with Gasteiger partial charge >= 0.3 is 5.97 Å². The summed E-state index contributed by atoms with van der Waals surface area (Å²) in [6.07, 6.45) is 0.349. The average molecular weight is 238 g/mol. The lowest BCUT2D eigenvalue weighted by molar-refractivity contribution is -0.140. The third kappa shape index (κ3) is 1.97. The van der Waals surface area contributed by atoms with Gasteiger partial charge in [0.05, 0.1) is 0 Å². The van der Waals surface area contributed by atoms with E-state index in [9.17, 15) is 9.59 Å². The largest absolute Gasteiger partial charge is 0.331 e. The van der Waals surface area contributed by atoms with Crippen LogP contribution in [0.4, 0.5) is 0 Å². The van der Waals surface area contributed by atoms with Gasteiger partial charge in [0.25, 0.3) is 0 Å². The van der Waals surface area contributed by atoms with Crippen molar-refractivity contribution in [3.05, 3.63) is 34.3 Å². The number of hydrogen-bond acceptors (Lipinski definition) is 4. The molecule has 0 saturated heterocycles. The van der Waals surface area contributed by atoms with Gasteiger partial charge in [-0.25, -0.2) is 4.79 Å². The van der Waals surface area contributed by atoms with Crippen molar-refractivity contribution in [3.8, 4) is 0 Å². The molecule has 0 spiro atoms. The number of ketones is 1. The summed E-state index contributed by atoms with van der Waals surface area (Å²) in [6, 6.07) is 5.01. The van der Waals surface area contributed by atoms with Crippen molar-refractivity contribution >= 4 is 29.1 Å². The van der Waals surface area contributed by atoms with Crippen LogP contribution in [0.2, 0.25) is 5.02 Å². The molecule has 2 rings (SSSR count). The summed E-state index contributed by atoms with van der Waals surface area (Å²) < 4.78 is 0. The van der Waals surface area contributed by atoms with Gasteiger partial charge in [-0.05, 0) is 23.8 Å². The van der Waals surface area contributed by atoms with Crippen molar-refractivity contribution in [1.82, 2.24) is 0 Å². The number of rotatable bonds is 1. The Morgan fingerprint density at radius 1 is 1.50 bits per heavy atom. The van der Waals surface area contributed by atoms with Crippen molar-refractivity contribution in [2.45, 2.75) is 13.3 Å². The number of fused-ring (bicyclic) bond motifs is 1. The highest BCUT2D eigenvalue weighted by molar-refractivity contribution is 6.49. The zero-order valence-electron chi connectivity index (χ0n) is 8.49. The predicted molar refractivity (Wildman–Crippen MR) is 58.7 cm³/mol. The Kier molecular flexibility index (Phi) is 2.75. The topological polar surface area (TPSA) is 55.7 Å². The summed E-state index contributed by atoms with van der Waals surface area (Å²) in [6.45, 7) is 1.23. The molecule has 0 saturated carbocycles. The number of carbonyl (C=O) groups is 2. The monoisotopic (exact) mass is 237 g/mol. The van der Waals surface area contributed by atoms with Gasteiger partial charge in [-0.2, -0.15) is 0 Å². The van der Waals surface area contributed by atoms with E-state index in [4.69, 9.17) is 11.6 Å². The first kappa shape index (κ1) is 10.8. The molecule has 4 nitrogen and oxygen atoms in total. The summed E-state index contributed by atoms with van der Waals surface area (Å²) >= 11 is 5.81. The van der Waals surface area contributed by atoms with Crippen molar-refractivity contribution in [3.63, 3.8) is 0 Å². The molecular weight excluding hydrogens is 230 g/mol. The van der Waals surface area contributed by atoms with E-state index in [0.29, 0.717) is 17.0 Å². The van der Waals surface area contributed by atoms with Gasteiger partial charge in [0.1, 0.15) is 5.71 Å². The first-order valence-corrected chi connectivity index (χ1v) is 5.03. The van der Waals surface area contributed by atoms with Crippen LogP contribution >= 0.6 is 11.6 Å². The molecule has 16 heavy (non-hydrogen) atoms. The number of halogens is 1. The lowest BCUT2D eigenvalue weighted by atomic mass is 10.1. The van der Waals surface area contributed by atoms with E-state index in [0.717, 1.165) is 5.56 Å². The number of oxime groups is 1. The molecule has 1 aromatic rings. The molecule has 0 atom stereocenters. The summed E-state index contributed by atoms with van der Waals surface area (Å²) in [7, 11) is 0. The van der Waals surface area contributed by atoms with Crippen molar-refractivity contribution in [2.24, 2.45) is 5.16 Å². The molecular formula is C11H8ClNO3. The summed E-state index contributed by atoms with van der Waals surface area (Å²) in [5.41, 5.74) is 1.60. The van der Waals surface area contributed by atoms with E-state index in [2.05, 4.69) is 9.99 Å². The zero-order chi connectivity index (χ0) is 11.7. The molecule has 1 aromatic carbocycles.